The van der Waals surface area contributed by atoms with E-state index in [-0.39, 0.29) is 174 Å². The topological polar surface area (TPSA) is 473 Å². The van der Waals surface area contributed by atoms with Crippen molar-refractivity contribution < 1.29 is 91.8 Å². The largest absolute Gasteiger partial charge is 0.480 e. The number of amides is 12. The molecule has 670 valence electrons. The van der Waals surface area contributed by atoms with Crippen molar-refractivity contribution >= 4 is 82.8 Å². The number of nitrogens with two attached hydrogens (primary N) is 1. The molecule has 0 bridgehead atoms. The number of aliphatic hydroxyl groups is 2. The second-order valence-electron chi connectivity index (χ2n) is 34.7. The summed E-state index contributed by atoms with van der Waals surface area (Å²) in [5.74, 6) is -2.92. The van der Waals surface area contributed by atoms with E-state index in [1.54, 1.807) is 30.3 Å². The highest BCUT2D eigenvalue weighted by atomic mass is 32.2. The van der Waals surface area contributed by atoms with Gasteiger partial charge in [0.25, 0.3) is 0 Å². The van der Waals surface area contributed by atoms with Crippen LogP contribution >= 0.6 is 11.8 Å². The van der Waals surface area contributed by atoms with Gasteiger partial charge in [0, 0.05) is 56.4 Å². The molecular weight excluding hydrogens is 1560 g/mol. The van der Waals surface area contributed by atoms with Crippen LogP contribution in [0.1, 0.15) is 186 Å². The van der Waals surface area contributed by atoms with E-state index in [1.165, 1.54) is 12.8 Å². The number of hydrogen-bond acceptors (Lipinski definition) is 20. The fourth-order valence-corrected chi connectivity index (χ4v) is 20.5. The number of ether oxygens (including phenoxy) is 4. The molecule has 6 aliphatic rings. The third kappa shape index (κ3) is 31.1. The fraction of sp³-hybridized carbons (Fsp3) is 0.724. The Morgan fingerprint density at radius 2 is 1.17 bits per heavy atom. The number of nitrogens with one attached hydrogen (secondary N) is 12. The van der Waals surface area contributed by atoms with E-state index in [2.05, 4.69) is 84.6 Å². The molecule has 1 unspecified atom stereocenters. The molecule has 0 radical (unpaired) electrons. The number of carboxylic acid groups (broad SMARTS) is 1. The summed E-state index contributed by atoms with van der Waals surface area (Å²) < 4.78 is 22.3. The zero-order valence-electron chi connectivity index (χ0n) is 71.2. The molecule has 2 saturated heterocycles. The normalized spacial score (nSPS) is 24.8. The maximum atomic E-state index is 14.1. The Morgan fingerprint density at radius 1 is 0.550 bits per heavy atom. The lowest BCUT2D eigenvalue weighted by atomic mass is 9.43. The van der Waals surface area contributed by atoms with Crippen LogP contribution in [0, 0.1) is 59.2 Å². The summed E-state index contributed by atoms with van der Waals surface area (Å²) in [5.41, 5.74) is 8.70. The number of rotatable bonds is 54. The highest BCUT2D eigenvalue weighted by Crippen LogP contribution is 2.68. The highest BCUT2D eigenvalue weighted by Gasteiger charge is 2.64. The third-order valence-corrected chi connectivity index (χ3v) is 27.1. The summed E-state index contributed by atoms with van der Waals surface area (Å²) in [6.07, 6.45) is 13.2. The van der Waals surface area contributed by atoms with E-state index in [9.17, 15) is 72.9 Å². The van der Waals surface area contributed by atoms with E-state index in [1.807, 2.05) is 56.8 Å². The summed E-state index contributed by atoms with van der Waals surface area (Å²) in [4.78, 5) is 157. The lowest BCUT2D eigenvalue weighted by Gasteiger charge is -2.62. The van der Waals surface area contributed by atoms with Gasteiger partial charge in [-0.25, -0.2) is 9.59 Å². The number of carboxylic acids is 1. The number of aliphatic hydroxyl groups excluding tert-OH is 2. The fourth-order valence-electron chi connectivity index (χ4n) is 19.0. The number of carbonyl (C=O) groups is 12. The zero-order chi connectivity index (χ0) is 86.7. The van der Waals surface area contributed by atoms with Crippen molar-refractivity contribution in [2.45, 2.75) is 249 Å². The Balaban J connectivity index is 0.711. The molecule has 12 amide bonds. The van der Waals surface area contributed by atoms with Crippen LogP contribution in [-0.4, -0.2) is 244 Å². The lowest BCUT2D eigenvalue weighted by Crippen LogP contribution is -2.58. The number of unbranched alkanes of at least 4 members (excludes halogenated alkanes) is 3. The standard InChI is InChI=1S/C87H137N13O19S/c1-54(2)44-68(98-83(112)69(46-57-16-8-7-9-17-57)96-76(106)50-93-75(105)49-94-80(109)65(88)45-58-25-22-55(3)23-26-58)81(110)92-35-15-12-18-66(82(111)97-67(84(113)114)19-13-14-34-89-73(103)21-11-10-20-71-79-70(53-120-71)99-85(115)100-79)95-78(108)52-119-43-41-117-39-37-91-77(107)51-118-42-40-116-38-36-90-74(104)31-24-56(4)62-29-30-63-61-28-27-59-47-60(101)32-33-86(59,5)64(61)48-72(102)87(62,63)6/h7-9,16-17,22-23,25-26,54,56,59-72,79,101-102H,10-15,18-21,24,27-53,88H2,1-6H3,(H,89,103)(H,90,104)(H,91,107)(H,92,110)(H,93,105)(H,94,109)(H,95,108)(H,96,106)(H,97,111)(H,98,112)(H,113,114)(H2,99,100,115)/t56-,59+,60+,61-,62+,63-,64-,65-,66-,67-,68?,69-,70-,71-,72-,79-,86-,87+/m0/s1. The van der Waals surface area contributed by atoms with Crippen molar-refractivity contribution in [3.8, 4) is 0 Å². The minimum absolute atomic E-state index is 0.00476. The molecule has 0 spiro atoms. The summed E-state index contributed by atoms with van der Waals surface area (Å²) in [7, 11) is 0. The molecule has 120 heavy (non-hydrogen) atoms. The number of benzene rings is 2. The Kier molecular flexibility index (Phi) is 40.5. The molecule has 17 N–H and O–H groups in total. The number of fused-ring (bicyclic) bond motifs is 6. The van der Waals surface area contributed by atoms with Crippen molar-refractivity contribution in [1.82, 2.24) is 63.8 Å². The van der Waals surface area contributed by atoms with Gasteiger partial charge < -0.3 is 104 Å². The molecule has 32 nitrogen and oxygen atoms in total. The highest BCUT2D eigenvalue weighted by molar-refractivity contribution is 8.00. The van der Waals surface area contributed by atoms with E-state index < -0.39 is 97.2 Å². The number of aryl methyl sites for hydroxylation is 1. The molecular formula is C87H137N13O19S. The average molecular weight is 1700 g/mol. The van der Waals surface area contributed by atoms with Gasteiger partial charge in [-0.2, -0.15) is 11.8 Å². The van der Waals surface area contributed by atoms with Crippen molar-refractivity contribution in [3.63, 3.8) is 0 Å². The maximum absolute atomic E-state index is 14.1. The van der Waals surface area contributed by atoms with Gasteiger partial charge in [-0.15, -0.1) is 0 Å². The molecule has 33 heteroatoms. The molecule has 2 aliphatic heterocycles. The van der Waals surface area contributed by atoms with E-state index in [0.717, 1.165) is 74.7 Å². The number of urea groups is 1. The predicted molar refractivity (Wildman–Crippen MR) is 452 cm³/mol. The van der Waals surface area contributed by atoms with Gasteiger partial charge in [0.1, 0.15) is 37.4 Å². The van der Waals surface area contributed by atoms with Gasteiger partial charge in [-0.1, -0.05) is 101 Å². The number of hydrogen-bond donors (Lipinski definition) is 16. The molecule has 18 atom stereocenters. The SMILES string of the molecule is Cc1ccc(C[C@H](N)C(=O)NCC(=O)NCC(=O)N[C@@H](Cc2ccccc2)C(=O)NC(CC(C)C)C(=O)NCCCC[C@H](NC(=O)COCCOCCNC(=O)COCCOCCNC(=O)CC[C@H](C)[C@H]2CC[C@H]3[C@@H]4CC[C@@H]5C[C@H](O)CC[C@]5(C)[C@H]4C[C@H](O)[C@]23C)C(=O)N[C@@H](CCCCNC(=O)CCCC[C@@H]2SC[C@@H]3NC(=O)N[C@@H]32)C(=O)O)cc1. The van der Waals surface area contributed by atoms with Gasteiger partial charge in [0.05, 0.1) is 83.1 Å². The minimum atomic E-state index is -1.35. The van der Waals surface area contributed by atoms with Crippen LogP contribution in [-0.2, 0) is 84.5 Å². The summed E-state index contributed by atoms with van der Waals surface area (Å²) >= 11 is 1.82. The second-order valence-corrected chi connectivity index (χ2v) is 36.0. The van der Waals surface area contributed by atoms with Gasteiger partial charge >= 0.3 is 12.0 Å². The van der Waals surface area contributed by atoms with Gasteiger partial charge in [0.15, 0.2) is 0 Å². The molecule has 0 aromatic heterocycles. The molecule has 8 rings (SSSR count). The summed E-state index contributed by atoms with van der Waals surface area (Å²) in [5, 5.41) is 65.9. The average Bonchev–Trinajstić information content (AvgIpc) is 1.43. The van der Waals surface area contributed by atoms with E-state index in [4.69, 9.17) is 24.7 Å². The number of thioether (sulfide) groups is 1. The molecule has 2 aromatic rings. The number of aliphatic carboxylic acids is 1. The third-order valence-electron chi connectivity index (χ3n) is 25.5. The summed E-state index contributed by atoms with van der Waals surface area (Å²) in [6.45, 7) is 12.6. The number of carbonyl (C=O) groups excluding carboxylic acids is 11. The van der Waals surface area contributed by atoms with Gasteiger partial charge in [0.2, 0.25) is 59.1 Å². The van der Waals surface area contributed by atoms with Crippen LogP contribution < -0.4 is 69.5 Å². The second kappa shape index (κ2) is 49.9. The maximum Gasteiger partial charge on any atom is 0.326 e. The van der Waals surface area contributed by atoms with Crippen LogP contribution in [0.3, 0.4) is 0 Å². The Morgan fingerprint density at radius 3 is 1.87 bits per heavy atom. The first-order valence-electron chi connectivity index (χ1n) is 43.8. The van der Waals surface area contributed by atoms with Crippen LogP contribution in [0.4, 0.5) is 4.79 Å². The van der Waals surface area contributed by atoms with Crippen LogP contribution in [0.15, 0.2) is 54.6 Å². The van der Waals surface area contributed by atoms with Gasteiger partial charge in [-0.05, 0) is 192 Å². The monoisotopic (exact) mass is 1700 g/mol. The Labute approximate surface area is 711 Å². The first-order valence-corrected chi connectivity index (χ1v) is 44.8. The van der Waals surface area contributed by atoms with Crippen LogP contribution in [0.25, 0.3) is 0 Å². The van der Waals surface area contributed by atoms with Crippen molar-refractivity contribution in [2.75, 3.05) is 97.9 Å². The first-order chi connectivity index (χ1) is 57.5. The molecule has 4 saturated carbocycles. The van der Waals surface area contributed by atoms with Crippen LogP contribution in [0.5, 0.6) is 0 Å². The summed E-state index contributed by atoms with van der Waals surface area (Å²) in [6, 6.07) is 10.7. The van der Waals surface area contributed by atoms with Crippen LogP contribution in [0.2, 0.25) is 0 Å². The molecule has 4 aliphatic carbocycles. The van der Waals surface area contributed by atoms with E-state index in [0.29, 0.717) is 86.3 Å². The molecule has 2 aromatic carbocycles. The van der Waals surface area contributed by atoms with Crippen molar-refractivity contribution in [1.29, 1.82) is 0 Å². The zero-order valence-corrected chi connectivity index (χ0v) is 72.1. The van der Waals surface area contributed by atoms with Crippen molar-refractivity contribution in [3.05, 3.63) is 71.3 Å². The van der Waals surface area contributed by atoms with Crippen molar-refractivity contribution in [2.24, 2.45) is 58.0 Å². The lowest BCUT2D eigenvalue weighted by molar-refractivity contribution is -0.175. The smallest absolute Gasteiger partial charge is 0.326 e. The molecule has 6 fully saturated rings. The van der Waals surface area contributed by atoms with E-state index >= 15 is 0 Å². The Bertz CT molecular complexity index is 3650. The predicted octanol–water partition coefficient (Wildman–Crippen LogP) is 3.41. The minimum Gasteiger partial charge on any atom is -0.480 e. The molecule has 2 heterocycles. The quantitative estimate of drug-likeness (QED) is 0.0333. The first kappa shape index (κ1) is 97.4. The Hall–Kier alpha value is -8.05. The van der Waals surface area contributed by atoms with Gasteiger partial charge in [-0.3, -0.25) is 47.9 Å².